The van der Waals surface area contributed by atoms with E-state index in [4.69, 9.17) is 15.3 Å². The minimum absolute atomic E-state index is 0.0505. The fourth-order valence-electron chi connectivity index (χ4n) is 3.97. The number of nitrogens with one attached hydrogen (secondary N) is 2. The number of amides is 3. The van der Waals surface area contributed by atoms with Gasteiger partial charge in [0.05, 0.1) is 0 Å². The van der Waals surface area contributed by atoms with Crippen molar-refractivity contribution in [3.05, 3.63) is 17.1 Å². The third-order valence-corrected chi connectivity index (χ3v) is 8.71. The zero-order valence-corrected chi connectivity index (χ0v) is 26.6. The van der Waals surface area contributed by atoms with E-state index < -0.39 is 40.9 Å². The van der Waals surface area contributed by atoms with E-state index in [9.17, 15) is 24.3 Å². The highest BCUT2D eigenvalue weighted by atomic mass is 32.2. The van der Waals surface area contributed by atoms with E-state index in [0.717, 1.165) is 11.5 Å². The average Bonchev–Trinajstić information content (AvgIpc) is 3.59. The number of ether oxygens (including phenoxy) is 1. The first kappa shape index (κ1) is 32.9. The Morgan fingerprint density at radius 1 is 1.30 bits per heavy atom. The Balaban J connectivity index is 1.36. The van der Waals surface area contributed by atoms with Gasteiger partial charge in [-0.1, -0.05) is 16.9 Å². The Kier molecular flexibility index (Phi) is 10.6. The quantitative estimate of drug-likeness (QED) is 0.0736. The Morgan fingerprint density at radius 3 is 2.73 bits per heavy atom. The molecule has 1 saturated heterocycles. The molecular weight excluding hydrogens is 639 g/mol. The predicted molar refractivity (Wildman–Crippen MR) is 160 cm³/mol. The lowest BCUT2D eigenvalue weighted by molar-refractivity contribution is -0.150. The lowest BCUT2D eigenvalue weighted by atomic mass is 10.0. The highest BCUT2D eigenvalue weighted by Gasteiger charge is 2.54. The van der Waals surface area contributed by atoms with Crippen molar-refractivity contribution in [2.45, 2.75) is 62.8 Å². The largest absolute Gasteiger partial charge is 0.477 e. The maximum absolute atomic E-state index is 13.1. The van der Waals surface area contributed by atoms with Crippen molar-refractivity contribution >= 4 is 69.8 Å². The molecule has 5 N–H and O–H groups in total. The molecule has 3 amide bonds. The summed E-state index contributed by atoms with van der Waals surface area (Å²) in [6.07, 6.45) is 0.00431. The molecule has 2 atom stereocenters. The van der Waals surface area contributed by atoms with Crippen molar-refractivity contribution in [3.63, 3.8) is 0 Å². The number of carbonyl (C=O) groups excluding carboxylic acids is 3. The first-order valence-electron chi connectivity index (χ1n) is 13.3. The van der Waals surface area contributed by atoms with Crippen LogP contribution in [0.15, 0.2) is 21.6 Å². The molecule has 21 heteroatoms. The van der Waals surface area contributed by atoms with Crippen molar-refractivity contribution < 1.29 is 33.9 Å². The summed E-state index contributed by atoms with van der Waals surface area (Å²) < 4.78 is 10.7. The van der Waals surface area contributed by atoms with E-state index in [-0.39, 0.29) is 34.7 Å². The van der Waals surface area contributed by atoms with Crippen LogP contribution in [0.5, 0.6) is 0 Å². The number of tetrazole rings is 1. The maximum atomic E-state index is 13.1. The number of carbonyl (C=O) groups is 4. The van der Waals surface area contributed by atoms with E-state index in [1.807, 2.05) is 0 Å². The first-order chi connectivity index (χ1) is 20.9. The van der Waals surface area contributed by atoms with Crippen LogP contribution >= 0.6 is 35.1 Å². The van der Waals surface area contributed by atoms with Gasteiger partial charge in [-0.05, 0) is 50.1 Å². The van der Waals surface area contributed by atoms with Gasteiger partial charge in [0, 0.05) is 36.1 Å². The number of thioether (sulfide) groups is 2. The van der Waals surface area contributed by atoms with Crippen LogP contribution in [0, 0.1) is 0 Å². The van der Waals surface area contributed by atoms with Crippen molar-refractivity contribution in [2.75, 3.05) is 30.4 Å². The van der Waals surface area contributed by atoms with Crippen LogP contribution < -0.4 is 16.4 Å². The normalized spacial score (nSPS) is 18.4. The molecule has 4 rings (SSSR count). The van der Waals surface area contributed by atoms with Crippen LogP contribution in [0.4, 0.5) is 9.93 Å². The van der Waals surface area contributed by atoms with Gasteiger partial charge in [-0.15, -0.1) is 16.9 Å². The van der Waals surface area contributed by atoms with E-state index in [0.29, 0.717) is 36.0 Å². The molecule has 0 aromatic carbocycles. The minimum atomic E-state index is -1.27. The molecule has 44 heavy (non-hydrogen) atoms. The van der Waals surface area contributed by atoms with Crippen LogP contribution in [0.3, 0.4) is 0 Å². The molecule has 0 aliphatic carbocycles. The number of fused-ring (bicyclic) bond motifs is 1. The number of carboxylic acid groups (broad SMARTS) is 1. The molecule has 4 heterocycles. The van der Waals surface area contributed by atoms with Crippen molar-refractivity contribution in [2.24, 2.45) is 5.16 Å². The zero-order chi connectivity index (χ0) is 32.0. The second kappa shape index (κ2) is 14.2. The predicted octanol–water partition coefficient (Wildman–Crippen LogP) is 0.293. The molecule has 1 fully saturated rings. The maximum Gasteiger partial charge on any atom is 0.407 e. The van der Waals surface area contributed by atoms with Crippen LogP contribution in [-0.2, 0) is 30.5 Å². The summed E-state index contributed by atoms with van der Waals surface area (Å²) in [5.41, 5.74) is 5.13. The van der Waals surface area contributed by atoms with Crippen LogP contribution in [0.25, 0.3) is 0 Å². The summed E-state index contributed by atoms with van der Waals surface area (Å²) in [5, 5.41) is 30.7. The molecule has 0 bridgehead atoms. The Labute approximate surface area is 263 Å². The smallest absolute Gasteiger partial charge is 0.407 e. The first-order valence-corrected chi connectivity index (χ1v) is 16.1. The standard InChI is InChI=1S/C23H31N11O7S3/c1-5-40-29-12(15-27-20(24)44-30-15)16(35)26-13-17(36)34-14(19(37)38)11(9-42-18(13)34)10-43-21-28-31-32-33(21)8-6-7-25-22(39)41-23(2,3)4/h13,18H,5-10H2,1-4H3,(H,25,39)(H,26,35)(H,37,38)(H2,24,27,30)/b29-12-/t13?,18-/m1/s1. The summed E-state index contributed by atoms with van der Waals surface area (Å²) in [6, 6.07) is -1.000. The van der Waals surface area contributed by atoms with E-state index in [2.05, 4.69) is 40.7 Å². The number of alkyl carbamates (subject to hydrolysis) is 1. The van der Waals surface area contributed by atoms with Gasteiger partial charge < -0.3 is 31.0 Å². The van der Waals surface area contributed by atoms with Gasteiger partial charge in [-0.2, -0.15) is 9.36 Å². The lowest BCUT2D eigenvalue weighted by Crippen LogP contribution is -2.71. The highest BCUT2D eigenvalue weighted by molar-refractivity contribution is 8.01. The molecular formula is C23H31N11O7S3. The van der Waals surface area contributed by atoms with Crippen molar-refractivity contribution in [1.29, 1.82) is 0 Å². The van der Waals surface area contributed by atoms with Gasteiger partial charge >= 0.3 is 12.1 Å². The number of aliphatic carboxylic acids is 1. The summed E-state index contributed by atoms with van der Waals surface area (Å²) in [4.78, 5) is 60.4. The highest BCUT2D eigenvalue weighted by Crippen LogP contribution is 2.41. The summed E-state index contributed by atoms with van der Waals surface area (Å²) >= 11 is 3.41. The molecule has 0 radical (unpaired) electrons. The molecule has 2 aromatic rings. The van der Waals surface area contributed by atoms with E-state index >= 15 is 0 Å². The Morgan fingerprint density at radius 2 is 2.07 bits per heavy atom. The summed E-state index contributed by atoms with van der Waals surface area (Å²) in [7, 11) is 0. The molecule has 2 aliphatic heterocycles. The molecule has 18 nitrogen and oxygen atoms in total. The number of aromatic nitrogens is 6. The minimum Gasteiger partial charge on any atom is -0.477 e. The number of β-lactam (4-membered cyclic amide) rings is 1. The lowest BCUT2D eigenvalue weighted by Gasteiger charge is -2.49. The van der Waals surface area contributed by atoms with E-state index in [1.165, 1.54) is 28.4 Å². The Bertz CT molecular complexity index is 1470. The van der Waals surface area contributed by atoms with Gasteiger partial charge in [-0.3, -0.25) is 14.5 Å². The second-order valence-electron chi connectivity index (χ2n) is 10.2. The molecule has 238 valence electrons. The van der Waals surface area contributed by atoms with Gasteiger partial charge in [-0.25, -0.2) is 14.3 Å². The fourth-order valence-corrected chi connectivity index (χ4v) is 6.80. The molecule has 1 unspecified atom stereocenters. The van der Waals surface area contributed by atoms with Gasteiger partial charge in [0.15, 0.2) is 5.13 Å². The summed E-state index contributed by atoms with van der Waals surface area (Å²) in [6.45, 7) is 7.92. The van der Waals surface area contributed by atoms with Crippen LogP contribution in [0.1, 0.15) is 39.9 Å². The third-order valence-electron chi connectivity index (χ3n) is 5.78. The van der Waals surface area contributed by atoms with Gasteiger partial charge in [0.2, 0.25) is 16.7 Å². The van der Waals surface area contributed by atoms with Crippen molar-refractivity contribution in [1.82, 2.24) is 45.1 Å². The number of nitrogens with two attached hydrogens (primary N) is 1. The number of nitrogen functional groups attached to an aromatic ring is 1. The third kappa shape index (κ3) is 7.94. The SMILES string of the molecule is CCO/N=C(\C(=O)NC1C(=O)N2C(C(=O)O)=C(CSc3nnnn3CCCNC(=O)OC(C)(C)C)CS[C@H]12)c1nsc(N)n1. The number of rotatable bonds is 13. The molecule has 0 saturated carbocycles. The molecule has 2 aliphatic rings. The topological polar surface area (TPSA) is 242 Å². The van der Waals surface area contributed by atoms with Crippen LogP contribution in [0.2, 0.25) is 0 Å². The average molecular weight is 670 g/mol. The zero-order valence-electron chi connectivity index (χ0n) is 24.2. The number of hydrogen-bond donors (Lipinski definition) is 4. The van der Waals surface area contributed by atoms with Gasteiger partial charge in [0.1, 0.15) is 29.3 Å². The molecule has 0 spiro atoms. The number of hydrogen-bond acceptors (Lipinski definition) is 16. The monoisotopic (exact) mass is 669 g/mol. The van der Waals surface area contributed by atoms with E-state index in [1.54, 1.807) is 32.4 Å². The second-order valence-corrected chi connectivity index (χ2v) is 13.0. The number of nitrogens with zero attached hydrogens (tertiary/aromatic N) is 8. The summed E-state index contributed by atoms with van der Waals surface area (Å²) in [5.74, 6) is -2.16. The molecule has 2 aromatic heterocycles. The fraction of sp³-hybridized carbons (Fsp3) is 0.565. The number of carboxylic acids is 1. The Hall–Kier alpha value is -3.98. The van der Waals surface area contributed by atoms with Gasteiger partial charge in [0.25, 0.3) is 11.8 Å². The number of anilines is 1. The van der Waals surface area contributed by atoms with Crippen LogP contribution in [-0.4, -0.2) is 111 Å². The van der Waals surface area contributed by atoms with Crippen molar-refractivity contribution in [3.8, 4) is 0 Å². The number of oxime groups is 1. The number of aryl methyl sites for hydroxylation is 1.